The number of hydrogen-bond acceptors (Lipinski definition) is 4. The largest absolute Gasteiger partial charge is 0.491 e. The maximum absolute atomic E-state index is 8.64. The number of rotatable bonds is 8. The summed E-state index contributed by atoms with van der Waals surface area (Å²) in [6.45, 7) is 3.67. The Kier molecular flexibility index (Phi) is 8.48. The second kappa shape index (κ2) is 10.3. The van der Waals surface area contributed by atoms with Crippen molar-refractivity contribution in [3.63, 3.8) is 0 Å². The highest BCUT2D eigenvalue weighted by Crippen LogP contribution is 2.11. The molecule has 1 aromatic rings. The zero-order valence-corrected chi connectivity index (χ0v) is 12.1. The van der Waals surface area contributed by atoms with Gasteiger partial charge in [0.05, 0.1) is 25.9 Å². The average Bonchev–Trinajstić information content (AvgIpc) is 2.46. The van der Waals surface area contributed by atoms with Crippen LogP contribution in [0.25, 0.3) is 0 Å². The highest BCUT2D eigenvalue weighted by Gasteiger charge is 2.00. The molecule has 0 spiro atoms. The van der Waals surface area contributed by atoms with Crippen molar-refractivity contribution in [1.29, 1.82) is 0 Å². The fraction of sp³-hybridized carbons (Fsp3) is 0.500. The van der Waals surface area contributed by atoms with E-state index >= 15 is 0 Å². The minimum atomic E-state index is 0.0766. The molecule has 1 aromatic carbocycles. The Bertz CT molecular complexity index is 416. The summed E-state index contributed by atoms with van der Waals surface area (Å²) in [7, 11) is 1.65. The van der Waals surface area contributed by atoms with E-state index in [1.807, 2.05) is 31.2 Å². The van der Waals surface area contributed by atoms with Gasteiger partial charge in [-0.1, -0.05) is 11.8 Å². The smallest absolute Gasteiger partial charge is 0.119 e. The normalized spacial score (nSPS) is 11.6. The minimum Gasteiger partial charge on any atom is -0.491 e. The maximum Gasteiger partial charge on any atom is 0.119 e. The first-order valence-electron chi connectivity index (χ1n) is 6.69. The molecule has 0 aliphatic heterocycles. The molecule has 1 unspecified atom stereocenters. The van der Waals surface area contributed by atoms with Crippen LogP contribution < -0.4 is 4.74 Å². The molecule has 0 heterocycles. The third-order valence-corrected chi connectivity index (χ3v) is 2.48. The maximum atomic E-state index is 8.64. The summed E-state index contributed by atoms with van der Waals surface area (Å²) < 4.78 is 16.0. The van der Waals surface area contributed by atoms with Gasteiger partial charge in [-0.05, 0) is 31.2 Å². The van der Waals surface area contributed by atoms with Gasteiger partial charge in [0, 0.05) is 19.1 Å². The van der Waals surface area contributed by atoms with Gasteiger partial charge in [0.25, 0.3) is 0 Å². The van der Waals surface area contributed by atoms with Gasteiger partial charge >= 0.3 is 0 Å². The standard InChI is InChI=1S/C16H22O4/c1-14(13-18-2)19-11-12-20-16-8-6-15(7-9-16)5-3-4-10-17/h6-9,14,17H,4,10-13H2,1-2H3. The van der Waals surface area contributed by atoms with E-state index in [0.29, 0.717) is 26.2 Å². The van der Waals surface area contributed by atoms with Gasteiger partial charge in [-0.25, -0.2) is 0 Å². The van der Waals surface area contributed by atoms with E-state index in [2.05, 4.69) is 11.8 Å². The van der Waals surface area contributed by atoms with Crippen LogP contribution in [0.4, 0.5) is 0 Å². The van der Waals surface area contributed by atoms with Crippen molar-refractivity contribution >= 4 is 0 Å². The van der Waals surface area contributed by atoms with Gasteiger partial charge in [0.1, 0.15) is 12.4 Å². The molecule has 0 amide bonds. The van der Waals surface area contributed by atoms with E-state index < -0.39 is 0 Å². The third kappa shape index (κ3) is 7.15. The Morgan fingerprint density at radius 1 is 1.20 bits per heavy atom. The molecule has 0 aliphatic rings. The van der Waals surface area contributed by atoms with Crippen molar-refractivity contribution in [3.05, 3.63) is 29.8 Å². The van der Waals surface area contributed by atoms with Gasteiger partial charge in [0.15, 0.2) is 0 Å². The highest BCUT2D eigenvalue weighted by molar-refractivity contribution is 5.38. The van der Waals surface area contributed by atoms with Crippen LogP contribution in [0.1, 0.15) is 18.9 Å². The topological polar surface area (TPSA) is 47.9 Å². The van der Waals surface area contributed by atoms with Crippen LogP contribution in [0, 0.1) is 11.8 Å². The van der Waals surface area contributed by atoms with E-state index in [-0.39, 0.29) is 12.7 Å². The summed E-state index contributed by atoms with van der Waals surface area (Å²) in [5.41, 5.74) is 0.913. The quantitative estimate of drug-likeness (QED) is 0.582. The Labute approximate surface area is 120 Å². The number of hydrogen-bond donors (Lipinski definition) is 1. The molecule has 1 N–H and O–H groups in total. The molecule has 0 radical (unpaired) electrons. The van der Waals surface area contributed by atoms with Gasteiger partial charge in [-0.15, -0.1) is 0 Å². The number of aliphatic hydroxyl groups excluding tert-OH is 1. The van der Waals surface area contributed by atoms with Crippen LogP contribution >= 0.6 is 0 Å². The molecule has 0 saturated carbocycles. The first-order chi connectivity index (χ1) is 9.76. The zero-order valence-electron chi connectivity index (χ0n) is 12.1. The summed E-state index contributed by atoms with van der Waals surface area (Å²) in [6, 6.07) is 7.55. The van der Waals surface area contributed by atoms with Crippen LogP contribution in [-0.2, 0) is 9.47 Å². The lowest BCUT2D eigenvalue weighted by Crippen LogP contribution is -2.18. The van der Waals surface area contributed by atoms with E-state index in [9.17, 15) is 0 Å². The van der Waals surface area contributed by atoms with Crippen molar-refractivity contribution in [2.24, 2.45) is 0 Å². The lowest BCUT2D eigenvalue weighted by atomic mass is 10.2. The fourth-order valence-corrected chi connectivity index (χ4v) is 1.55. The van der Waals surface area contributed by atoms with E-state index in [1.54, 1.807) is 7.11 Å². The number of ether oxygens (including phenoxy) is 3. The molecule has 0 bridgehead atoms. The van der Waals surface area contributed by atoms with Crippen molar-refractivity contribution in [2.75, 3.05) is 33.5 Å². The molecule has 20 heavy (non-hydrogen) atoms. The predicted octanol–water partition coefficient (Wildman–Crippen LogP) is 1.85. The van der Waals surface area contributed by atoms with E-state index in [1.165, 1.54) is 0 Å². The first-order valence-corrected chi connectivity index (χ1v) is 6.69. The SMILES string of the molecule is COCC(C)OCCOc1ccc(C#CCCO)cc1. The van der Waals surface area contributed by atoms with Crippen LogP contribution in [0.3, 0.4) is 0 Å². The van der Waals surface area contributed by atoms with Crippen LogP contribution in [0.5, 0.6) is 5.75 Å². The van der Waals surface area contributed by atoms with E-state index in [0.717, 1.165) is 11.3 Å². The second-order valence-corrected chi connectivity index (χ2v) is 4.28. The lowest BCUT2D eigenvalue weighted by Gasteiger charge is -2.12. The molecule has 0 fully saturated rings. The summed E-state index contributed by atoms with van der Waals surface area (Å²) in [5, 5.41) is 8.64. The van der Waals surface area contributed by atoms with Gasteiger partial charge in [0.2, 0.25) is 0 Å². The molecular weight excluding hydrogens is 256 g/mol. The van der Waals surface area contributed by atoms with Gasteiger partial charge < -0.3 is 19.3 Å². The molecule has 4 nitrogen and oxygen atoms in total. The van der Waals surface area contributed by atoms with Crippen molar-refractivity contribution in [1.82, 2.24) is 0 Å². The van der Waals surface area contributed by atoms with Crippen molar-refractivity contribution in [3.8, 4) is 17.6 Å². The number of benzene rings is 1. The molecule has 0 aliphatic carbocycles. The van der Waals surface area contributed by atoms with Gasteiger partial charge in [-0.2, -0.15) is 0 Å². The molecule has 1 atom stereocenters. The summed E-state index contributed by atoms with van der Waals surface area (Å²) in [6.07, 6.45) is 0.572. The minimum absolute atomic E-state index is 0.0766. The van der Waals surface area contributed by atoms with Crippen molar-refractivity contribution in [2.45, 2.75) is 19.4 Å². The van der Waals surface area contributed by atoms with Crippen LogP contribution in [0.15, 0.2) is 24.3 Å². The molecular formula is C16H22O4. The van der Waals surface area contributed by atoms with Crippen LogP contribution in [-0.4, -0.2) is 44.7 Å². The Morgan fingerprint density at radius 2 is 1.95 bits per heavy atom. The Morgan fingerprint density at radius 3 is 2.60 bits per heavy atom. The number of methoxy groups -OCH3 is 1. The van der Waals surface area contributed by atoms with Crippen LogP contribution in [0.2, 0.25) is 0 Å². The first kappa shape index (κ1) is 16.5. The molecule has 0 aromatic heterocycles. The Hall–Kier alpha value is -1.54. The monoisotopic (exact) mass is 278 g/mol. The average molecular weight is 278 g/mol. The summed E-state index contributed by atoms with van der Waals surface area (Å²) in [4.78, 5) is 0. The zero-order chi connectivity index (χ0) is 14.6. The second-order valence-electron chi connectivity index (χ2n) is 4.28. The lowest BCUT2D eigenvalue weighted by molar-refractivity contribution is -0.00214. The molecule has 0 saturated heterocycles. The summed E-state index contributed by atoms with van der Waals surface area (Å²) in [5.74, 6) is 6.63. The molecule has 4 heteroatoms. The van der Waals surface area contributed by atoms with Crippen molar-refractivity contribution < 1.29 is 19.3 Å². The predicted molar refractivity (Wildman–Crippen MR) is 77.8 cm³/mol. The molecule has 1 rings (SSSR count). The Balaban J connectivity index is 2.26. The van der Waals surface area contributed by atoms with E-state index in [4.69, 9.17) is 19.3 Å². The fourth-order valence-electron chi connectivity index (χ4n) is 1.55. The third-order valence-electron chi connectivity index (χ3n) is 2.48. The van der Waals surface area contributed by atoms with Gasteiger partial charge in [-0.3, -0.25) is 0 Å². The number of aliphatic hydroxyl groups is 1. The molecule has 110 valence electrons. The summed E-state index contributed by atoms with van der Waals surface area (Å²) >= 11 is 0. The highest BCUT2D eigenvalue weighted by atomic mass is 16.5.